The molecular weight excluding hydrogens is 273 g/mol. The second-order valence-corrected chi connectivity index (χ2v) is 5.17. The predicted octanol–water partition coefficient (Wildman–Crippen LogP) is 2.75. The van der Waals surface area contributed by atoms with Crippen molar-refractivity contribution in [3.8, 4) is 5.75 Å². The highest BCUT2D eigenvalue weighted by molar-refractivity contribution is 5.75. The molecule has 0 radical (unpaired) electrons. The largest absolute Gasteiger partial charge is 0.494 e. The van der Waals surface area contributed by atoms with Gasteiger partial charge in [-0.2, -0.15) is 0 Å². The highest BCUT2D eigenvalue weighted by atomic mass is 19.1. The molecule has 116 valence electrons. The summed E-state index contributed by atoms with van der Waals surface area (Å²) in [6, 6.07) is 4.82. The van der Waals surface area contributed by atoms with Crippen molar-refractivity contribution in [2.24, 2.45) is 0 Å². The van der Waals surface area contributed by atoms with Crippen LogP contribution < -0.4 is 4.74 Å². The van der Waals surface area contributed by atoms with E-state index in [0.29, 0.717) is 18.7 Å². The lowest BCUT2D eigenvalue weighted by Crippen LogP contribution is -2.45. The van der Waals surface area contributed by atoms with Crippen LogP contribution in [0, 0.1) is 5.82 Å². The Morgan fingerprint density at radius 2 is 2.24 bits per heavy atom. The van der Waals surface area contributed by atoms with Gasteiger partial charge < -0.3 is 9.47 Å². The number of halogens is 1. The Morgan fingerprint density at radius 1 is 1.43 bits per heavy atom. The first kappa shape index (κ1) is 15.8. The number of esters is 1. The maximum Gasteiger partial charge on any atom is 0.323 e. The van der Waals surface area contributed by atoms with E-state index in [0.717, 1.165) is 25.8 Å². The minimum atomic E-state index is -0.354. The lowest BCUT2D eigenvalue weighted by Gasteiger charge is -2.34. The van der Waals surface area contributed by atoms with Crippen molar-refractivity contribution >= 4 is 5.97 Å². The fraction of sp³-hybridized carbons (Fsp3) is 0.562. The summed E-state index contributed by atoms with van der Waals surface area (Å²) in [7, 11) is 1.45. The molecule has 1 aliphatic heterocycles. The van der Waals surface area contributed by atoms with E-state index in [9.17, 15) is 9.18 Å². The second kappa shape index (κ2) is 7.41. The molecule has 4 nitrogen and oxygen atoms in total. The molecular formula is C16H22FNO3. The number of methoxy groups -OCH3 is 1. The Hall–Kier alpha value is -1.62. The van der Waals surface area contributed by atoms with Crippen molar-refractivity contribution in [3.05, 3.63) is 29.6 Å². The van der Waals surface area contributed by atoms with Gasteiger partial charge in [-0.25, -0.2) is 4.39 Å². The topological polar surface area (TPSA) is 38.8 Å². The Labute approximate surface area is 124 Å². The third-order valence-electron chi connectivity index (χ3n) is 3.81. The lowest BCUT2D eigenvalue weighted by atomic mass is 10.0. The summed E-state index contributed by atoms with van der Waals surface area (Å²) in [6.07, 6.45) is 2.78. The van der Waals surface area contributed by atoms with E-state index in [1.807, 2.05) is 4.90 Å². The van der Waals surface area contributed by atoms with Crippen molar-refractivity contribution in [2.45, 2.75) is 38.8 Å². The zero-order chi connectivity index (χ0) is 15.2. The van der Waals surface area contributed by atoms with Gasteiger partial charge in [-0.05, 0) is 32.4 Å². The van der Waals surface area contributed by atoms with Gasteiger partial charge >= 0.3 is 5.97 Å². The van der Waals surface area contributed by atoms with Crippen LogP contribution in [0.1, 0.15) is 31.7 Å². The summed E-state index contributed by atoms with van der Waals surface area (Å²) in [5.74, 6) is -0.328. The summed E-state index contributed by atoms with van der Waals surface area (Å²) in [4.78, 5) is 14.0. The smallest absolute Gasteiger partial charge is 0.323 e. The van der Waals surface area contributed by atoms with Crippen molar-refractivity contribution in [2.75, 3.05) is 20.3 Å². The molecule has 1 heterocycles. The van der Waals surface area contributed by atoms with Gasteiger partial charge in [0.15, 0.2) is 11.6 Å². The number of likely N-dealkylation sites (tertiary alicyclic amines) is 1. The first-order valence-electron chi connectivity index (χ1n) is 7.39. The van der Waals surface area contributed by atoms with Crippen LogP contribution in [0.15, 0.2) is 18.2 Å². The van der Waals surface area contributed by atoms with Gasteiger partial charge in [0.05, 0.1) is 13.7 Å². The van der Waals surface area contributed by atoms with Gasteiger partial charge in [0.25, 0.3) is 0 Å². The molecule has 0 aromatic heterocycles. The molecule has 0 spiro atoms. The van der Waals surface area contributed by atoms with E-state index in [2.05, 4.69) is 0 Å². The average molecular weight is 295 g/mol. The number of benzene rings is 1. The predicted molar refractivity (Wildman–Crippen MR) is 77.6 cm³/mol. The number of hydrogen-bond acceptors (Lipinski definition) is 4. The van der Waals surface area contributed by atoms with E-state index < -0.39 is 0 Å². The van der Waals surface area contributed by atoms with Gasteiger partial charge in [-0.1, -0.05) is 18.6 Å². The first-order chi connectivity index (χ1) is 10.2. The van der Waals surface area contributed by atoms with E-state index in [1.54, 1.807) is 25.1 Å². The molecule has 0 N–H and O–H groups in total. The molecule has 1 fully saturated rings. The molecule has 1 atom stereocenters. The van der Waals surface area contributed by atoms with Crippen LogP contribution >= 0.6 is 0 Å². The number of hydrogen-bond donors (Lipinski definition) is 0. The zero-order valence-corrected chi connectivity index (χ0v) is 12.6. The molecule has 0 saturated carbocycles. The van der Waals surface area contributed by atoms with Gasteiger partial charge in [-0.3, -0.25) is 9.69 Å². The monoisotopic (exact) mass is 295 g/mol. The molecule has 0 aliphatic carbocycles. The molecule has 1 aromatic carbocycles. The zero-order valence-electron chi connectivity index (χ0n) is 12.6. The molecule has 1 aliphatic rings. The summed E-state index contributed by atoms with van der Waals surface area (Å²) in [5.41, 5.74) is 0.547. The molecule has 1 unspecified atom stereocenters. The van der Waals surface area contributed by atoms with Gasteiger partial charge in [-0.15, -0.1) is 0 Å². The average Bonchev–Trinajstić information content (AvgIpc) is 2.50. The molecule has 0 amide bonds. The van der Waals surface area contributed by atoms with Gasteiger partial charge in [0.1, 0.15) is 6.04 Å². The first-order valence-corrected chi connectivity index (χ1v) is 7.39. The van der Waals surface area contributed by atoms with Crippen molar-refractivity contribution in [1.29, 1.82) is 0 Å². The maximum absolute atomic E-state index is 14.2. The summed E-state index contributed by atoms with van der Waals surface area (Å²) < 4.78 is 24.4. The number of carbonyl (C=O) groups is 1. The summed E-state index contributed by atoms with van der Waals surface area (Å²) in [6.45, 7) is 3.34. The van der Waals surface area contributed by atoms with Crippen LogP contribution in [0.3, 0.4) is 0 Å². The minimum Gasteiger partial charge on any atom is -0.494 e. The Bertz CT molecular complexity index is 492. The van der Waals surface area contributed by atoms with E-state index in [1.165, 1.54) is 7.11 Å². The Morgan fingerprint density at radius 3 is 2.95 bits per heavy atom. The highest BCUT2D eigenvalue weighted by Gasteiger charge is 2.30. The third kappa shape index (κ3) is 3.73. The number of carbonyl (C=O) groups excluding carboxylic acids is 1. The van der Waals surface area contributed by atoms with E-state index in [4.69, 9.17) is 9.47 Å². The van der Waals surface area contributed by atoms with Crippen LogP contribution in [0.4, 0.5) is 4.39 Å². The van der Waals surface area contributed by atoms with Gasteiger partial charge in [0, 0.05) is 12.1 Å². The summed E-state index contributed by atoms with van der Waals surface area (Å²) >= 11 is 0. The second-order valence-electron chi connectivity index (χ2n) is 5.17. The molecule has 2 rings (SSSR count). The highest BCUT2D eigenvalue weighted by Crippen LogP contribution is 2.25. The number of rotatable bonds is 5. The van der Waals surface area contributed by atoms with Gasteiger partial charge in [0.2, 0.25) is 0 Å². The minimum absolute atomic E-state index is 0.208. The molecule has 1 aromatic rings. The number of ether oxygens (including phenoxy) is 2. The van der Waals surface area contributed by atoms with Crippen molar-refractivity contribution < 1.29 is 18.7 Å². The third-order valence-corrected chi connectivity index (χ3v) is 3.81. The van der Waals surface area contributed by atoms with Crippen LogP contribution in [0.25, 0.3) is 0 Å². The maximum atomic E-state index is 14.2. The fourth-order valence-electron chi connectivity index (χ4n) is 2.74. The lowest BCUT2D eigenvalue weighted by molar-refractivity contribution is -0.151. The molecule has 0 bridgehead atoms. The van der Waals surface area contributed by atoms with E-state index in [-0.39, 0.29) is 23.6 Å². The fourth-order valence-corrected chi connectivity index (χ4v) is 2.74. The van der Waals surface area contributed by atoms with Crippen LogP contribution in [-0.4, -0.2) is 37.2 Å². The normalized spacial score (nSPS) is 19.3. The van der Waals surface area contributed by atoms with Crippen molar-refractivity contribution in [3.63, 3.8) is 0 Å². The number of nitrogens with zero attached hydrogens (tertiary/aromatic N) is 1. The van der Waals surface area contributed by atoms with Crippen LogP contribution in [0.5, 0.6) is 5.75 Å². The van der Waals surface area contributed by atoms with Crippen LogP contribution in [-0.2, 0) is 16.1 Å². The van der Waals surface area contributed by atoms with Crippen LogP contribution in [0.2, 0.25) is 0 Å². The Kier molecular flexibility index (Phi) is 5.56. The van der Waals surface area contributed by atoms with Crippen molar-refractivity contribution in [1.82, 2.24) is 4.90 Å². The van der Waals surface area contributed by atoms with E-state index >= 15 is 0 Å². The number of piperidine rings is 1. The molecule has 1 saturated heterocycles. The SMILES string of the molecule is CCOC(=O)C1CCCCN1Cc1cccc(OC)c1F. The summed E-state index contributed by atoms with van der Waals surface area (Å²) in [5, 5.41) is 0. The Balaban J connectivity index is 2.14. The quantitative estimate of drug-likeness (QED) is 0.783. The molecule has 5 heteroatoms. The molecule has 21 heavy (non-hydrogen) atoms. The standard InChI is InChI=1S/C16H22FNO3/c1-3-21-16(19)13-8-4-5-10-18(13)11-12-7-6-9-14(20-2)15(12)17/h6-7,9,13H,3-5,8,10-11H2,1-2H3.